The van der Waals surface area contributed by atoms with Gasteiger partial charge in [0.25, 0.3) is 0 Å². The third-order valence-corrected chi connectivity index (χ3v) is 3.07. The van der Waals surface area contributed by atoms with Crippen molar-refractivity contribution in [3.63, 3.8) is 0 Å². The molecule has 0 aliphatic heterocycles. The first-order valence-electron chi connectivity index (χ1n) is 6.83. The Morgan fingerprint density at radius 2 is 1.65 bits per heavy atom. The maximum absolute atomic E-state index is 11.8. The molecule has 0 fully saturated rings. The highest BCUT2D eigenvalue weighted by Gasteiger charge is 2.13. The standard InChI is InChI=1S/C17H19NO2/c1-2-16(15-11-7-4-8-12-15)20-17(19)18-13-14-9-5-3-6-10-14/h3-12,16H,2,13H2,1H3,(H,18,19). The Hall–Kier alpha value is -2.29. The Kier molecular flexibility index (Phi) is 5.18. The first-order chi connectivity index (χ1) is 9.79. The molecule has 0 aliphatic carbocycles. The molecular formula is C17H19NO2. The molecule has 2 rings (SSSR count). The number of ether oxygens (including phenoxy) is 1. The predicted molar refractivity (Wildman–Crippen MR) is 79.2 cm³/mol. The molecule has 0 aliphatic rings. The summed E-state index contributed by atoms with van der Waals surface area (Å²) in [7, 11) is 0. The maximum atomic E-state index is 11.8. The van der Waals surface area contributed by atoms with Crippen LogP contribution in [-0.4, -0.2) is 6.09 Å². The molecule has 0 heterocycles. The van der Waals surface area contributed by atoms with E-state index >= 15 is 0 Å². The van der Waals surface area contributed by atoms with Crippen molar-refractivity contribution < 1.29 is 9.53 Å². The zero-order chi connectivity index (χ0) is 14.2. The summed E-state index contributed by atoms with van der Waals surface area (Å²) >= 11 is 0. The number of benzene rings is 2. The van der Waals surface area contributed by atoms with Crippen molar-refractivity contribution in [3.05, 3.63) is 71.8 Å². The van der Waals surface area contributed by atoms with Crippen molar-refractivity contribution in [2.45, 2.75) is 26.0 Å². The van der Waals surface area contributed by atoms with E-state index in [9.17, 15) is 4.79 Å². The van der Waals surface area contributed by atoms with Gasteiger partial charge in [0.2, 0.25) is 0 Å². The van der Waals surface area contributed by atoms with Gasteiger partial charge in [0.05, 0.1) is 0 Å². The molecule has 0 saturated carbocycles. The molecule has 2 aromatic carbocycles. The van der Waals surface area contributed by atoms with Gasteiger partial charge >= 0.3 is 6.09 Å². The van der Waals surface area contributed by atoms with Crippen LogP contribution in [0.4, 0.5) is 4.79 Å². The van der Waals surface area contributed by atoms with Crippen molar-refractivity contribution in [1.82, 2.24) is 5.32 Å². The van der Waals surface area contributed by atoms with Gasteiger partial charge in [0.15, 0.2) is 0 Å². The molecule has 1 amide bonds. The minimum Gasteiger partial charge on any atom is -0.441 e. The molecule has 0 radical (unpaired) electrons. The van der Waals surface area contributed by atoms with Crippen LogP contribution in [0.5, 0.6) is 0 Å². The van der Waals surface area contributed by atoms with Crippen LogP contribution in [0.15, 0.2) is 60.7 Å². The zero-order valence-electron chi connectivity index (χ0n) is 11.6. The molecule has 1 atom stereocenters. The number of rotatable bonds is 5. The fraction of sp³-hybridized carbons (Fsp3) is 0.235. The predicted octanol–water partition coefficient (Wildman–Crippen LogP) is 4.06. The van der Waals surface area contributed by atoms with E-state index in [1.54, 1.807) is 0 Å². The van der Waals surface area contributed by atoms with Crippen LogP contribution in [0.3, 0.4) is 0 Å². The van der Waals surface area contributed by atoms with Crippen molar-refractivity contribution >= 4 is 6.09 Å². The highest BCUT2D eigenvalue weighted by Crippen LogP contribution is 2.20. The van der Waals surface area contributed by atoms with Gasteiger partial charge in [-0.1, -0.05) is 67.6 Å². The number of amides is 1. The lowest BCUT2D eigenvalue weighted by atomic mass is 10.1. The lowest BCUT2D eigenvalue weighted by Crippen LogP contribution is -2.25. The molecular weight excluding hydrogens is 250 g/mol. The average molecular weight is 269 g/mol. The Morgan fingerprint density at radius 3 is 2.25 bits per heavy atom. The summed E-state index contributed by atoms with van der Waals surface area (Å²) in [6.07, 6.45) is 0.166. The van der Waals surface area contributed by atoms with Crippen LogP contribution >= 0.6 is 0 Å². The summed E-state index contributed by atoms with van der Waals surface area (Å²) in [5.41, 5.74) is 2.07. The number of alkyl carbamates (subject to hydrolysis) is 1. The Balaban J connectivity index is 1.87. The second-order valence-electron chi connectivity index (χ2n) is 4.55. The monoisotopic (exact) mass is 269 g/mol. The summed E-state index contributed by atoms with van der Waals surface area (Å²) in [6, 6.07) is 19.6. The third-order valence-electron chi connectivity index (χ3n) is 3.07. The van der Waals surface area contributed by atoms with E-state index in [1.807, 2.05) is 67.6 Å². The van der Waals surface area contributed by atoms with Gasteiger partial charge in [-0.2, -0.15) is 0 Å². The molecule has 0 aromatic heterocycles. The number of nitrogens with one attached hydrogen (secondary N) is 1. The van der Waals surface area contributed by atoms with Gasteiger partial charge in [-0.15, -0.1) is 0 Å². The molecule has 3 nitrogen and oxygen atoms in total. The summed E-state index contributed by atoms with van der Waals surface area (Å²) in [6.45, 7) is 2.48. The molecule has 20 heavy (non-hydrogen) atoms. The highest BCUT2D eigenvalue weighted by atomic mass is 16.6. The zero-order valence-corrected chi connectivity index (χ0v) is 11.6. The molecule has 1 unspecified atom stereocenters. The lowest BCUT2D eigenvalue weighted by Gasteiger charge is -2.17. The Bertz CT molecular complexity index is 525. The van der Waals surface area contributed by atoms with Gasteiger partial charge in [-0.25, -0.2) is 4.79 Å². The molecule has 0 saturated heterocycles. The van der Waals surface area contributed by atoms with Crippen LogP contribution < -0.4 is 5.32 Å². The smallest absolute Gasteiger partial charge is 0.408 e. The van der Waals surface area contributed by atoms with E-state index in [-0.39, 0.29) is 12.2 Å². The summed E-state index contributed by atoms with van der Waals surface area (Å²) in [5.74, 6) is 0. The topological polar surface area (TPSA) is 38.3 Å². The second-order valence-corrected chi connectivity index (χ2v) is 4.55. The van der Waals surface area contributed by atoms with Crippen LogP contribution in [0.25, 0.3) is 0 Å². The summed E-state index contributed by atoms with van der Waals surface area (Å²) < 4.78 is 5.46. The fourth-order valence-corrected chi connectivity index (χ4v) is 2.00. The van der Waals surface area contributed by atoms with E-state index in [0.717, 1.165) is 17.5 Å². The Labute approximate surface area is 119 Å². The number of carbonyl (C=O) groups excluding carboxylic acids is 1. The number of hydrogen-bond acceptors (Lipinski definition) is 2. The van der Waals surface area contributed by atoms with Crippen LogP contribution in [0.1, 0.15) is 30.6 Å². The third kappa shape index (κ3) is 4.12. The van der Waals surface area contributed by atoms with Crippen LogP contribution in [-0.2, 0) is 11.3 Å². The van der Waals surface area contributed by atoms with Gasteiger partial charge in [-0.3, -0.25) is 0 Å². The van der Waals surface area contributed by atoms with E-state index < -0.39 is 0 Å². The van der Waals surface area contributed by atoms with E-state index in [4.69, 9.17) is 4.74 Å². The van der Waals surface area contributed by atoms with Gasteiger partial charge in [0.1, 0.15) is 6.10 Å². The van der Waals surface area contributed by atoms with Gasteiger partial charge in [-0.05, 0) is 17.5 Å². The first-order valence-corrected chi connectivity index (χ1v) is 6.83. The number of hydrogen-bond donors (Lipinski definition) is 1. The quantitative estimate of drug-likeness (QED) is 0.888. The summed E-state index contributed by atoms with van der Waals surface area (Å²) in [5, 5.41) is 2.77. The van der Waals surface area contributed by atoms with Crippen LogP contribution in [0, 0.1) is 0 Å². The van der Waals surface area contributed by atoms with Gasteiger partial charge in [0, 0.05) is 6.54 Å². The van der Waals surface area contributed by atoms with Crippen molar-refractivity contribution in [1.29, 1.82) is 0 Å². The van der Waals surface area contributed by atoms with Crippen molar-refractivity contribution in [2.24, 2.45) is 0 Å². The largest absolute Gasteiger partial charge is 0.441 e. The minimum atomic E-state index is -0.385. The lowest BCUT2D eigenvalue weighted by molar-refractivity contribution is 0.0947. The van der Waals surface area contributed by atoms with E-state index in [2.05, 4.69) is 5.32 Å². The first kappa shape index (κ1) is 14.1. The molecule has 0 spiro atoms. The normalized spacial score (nSPS) is 11.7. The molecule has 104 valence electrons. The van der Waals surface area contributed by atoms with E-state index in [1.165, 1.54) is 0 Å². The SMILES string of the molecule is CCC(OC(=O)NCc1ccccc1)c1ccccc1. The molecule has 2 aromatic rings. The highest BCUT2D eigenvalue weighted by molar-refractivity contribution is 5.67. The Morgan fingerprint density at radius 1 is 1.05 bits per heavy atom. The molecule has 3 heteroatoms. The maximum Gasteiger partial charge on any atom is 0.408 e. The number of carbonyl (C=O) groups is 1. The van der Waals surface area contributed by atoms with Gasteiger partial charge < -0.3 is 10.1 Å². The summed E-state index contributed by atoms with van der Waals surface area (Å²) in [4.78, 5) is 11.8. The molecule has 1 N–H and O–H groups in total. The fourth-order valence-electron chi connectivity index (χ4n) is 2.00. The average Bonchev–Trinajstić information content (AvgIpc) is 2.52. The van der Waals surface area contributed by atoms with Crippen LogP contribution in [0.2, 0.25) is 0 Å². The van der Waals surface area contributed by atoms with E-state index in [0.29, 0.717) is 6.54 Å². The minimum absolute atomic E-state index is 0.202. The molecule has 0 bridgehead atoms. The van der Waals surface area contributed by atoms with Crippen molar-refractivity contribution in [3.8, 4) is 0 Å². The van der Waals surface area contributed by atoms with Crippen molar-refractivity contribution in [2.75, 3.05) is 0 Å². The second kappa shape index (κ2) is 7.34.